The topological polar surface area (TPSA) is 26.0 Å². The van der Waals surface area contributed by atoms with Crippen LogP contribution in [0, 0.1) is 0 Å². The van der Waals surface area contributed by atoms with Gasteiger partial charge >= 0.3 is 0 Å². The van der Waals surface area contributed by atoms with Gasteiger partial charge in [0.15, 0.2) is 0 Å². The van der Waals surface area contributed by atoms with Crippen LogP contribution in [0.3, 0.4) is 0 Å². The highest BCUT2D eigenvalue weighted by Gasteiger charge is 2.18. The molecule has 0 saturated heterocycles. The number of hydrogen-bond donors (Lipinski definition) is 1. The van der Waals surface area contributed by atoms with Crippen molar-refractivity contribution in [1.29, 1.82) is 0 Å². The lowest BCUT2D eigenvalue weighted by Gasteiger charge is -2.25. The molecule has 0 spiro atoms. The van der Waals surface area contributed by atoms with E-state index in [0.717, 1.165) is 5.82 Å². The third-order valence-corrected chi connectivity index (χ3v) is 2.86. The minimum atomic E-state index is 0.521. The lowest BCUT2D eigenvalue weighted by molar-refractivity contribution is 0.441. The molecule has 2 N–H and O–H groups in total. The fraction of sp³-hybridized carbons (Fsp3) is 1.00. The van der Waals surface area contributed by atoms with Gasteiger partial charge in [-0.3, -0.25) is 0 Å². The van der Waals surface area contributed by atoms with E-state index in [1.807, 2.05) is 0 Å². The minimum absolute atomic E-state index is 0.521. The number of nitrogens with two attached hydrogens (primary N) is 1. The molecular weight excluding hydrogens is 129 g/mol. The Balaban J connectivity index is 2.07. The predicted molar refractivity (Wildman–Crippen MR) is 60.2 cm³/mol. The molecule has 0 amide bonds. The van der Waals surface area contributed by atoms with Crippen LogP contribution in [0.4, 0.5) is 0 Å². The predicted octanol–water partition coefficient (Wildman–Crippen LogP) is -1.64. The standard InChI is InChI=1S/C6H17B4N/c7-9-10-8-5-1-3-6(11)4-2-5/h5-6,8-10H,1-4,7,11H2. The third-order valence-electron chi connectivity index (χ3n) is 2.86. The molecule has 0 aliphatic heterocycles. The molecule has 58 valence electrons. The van der Waals surface area contributed by atoms with Crippen LogP contribution in [-0.2, 0) is 0 Å². The zero-order chi connectivity index (χ0) is 8.10. The van der Waals surface area contributed by atoms with E-state index in [1.54, 1.807) is 0 Å². The molecule has 5 heteroatoms. The summed E-state index contributed by atoms with van der Waals surface area (Å²) in [5.41, 5.74) is 5.83. The van der Waals surface area contributed by atoms with Crippen LogP contribution in [-0.4, -0.2) is 35.1 Å². The van der Waals surface area contributed by atoms with Gasteiger partial charge in [-0.25, -0.2) is 0 Å². The summed E-state index contributed by atoms with van der Waals surface area (Å²) < 4.78 is 0. The fourth-order valence-electron chi connectivity index (χ4n) is 1.97. The average molecular weight is 146 g/mol. The first-order chi connectivity index (χ1) is 5.33. The molecule has 1 aliphatic carbocycles. The van der Waals surface area contributed by atoms with Crippen molar-refractivity contribution in [1.82, 2.24) is 0 Å². The Bertz CT molecular complexity index is 100. The number of rotatable bonds is 3. The van der Waals surface area contributed by atoms with Crippen LogP contribution < -0.4 is 5.73 Å². The second-order valence-electron chi connectivity index (χ2n) is 3.92. The van der Waals surface area contributed by atoms with E-state index in [0.29, 0.717) is 6.04 Å². The van der Waals surface area contributed by atoms with E-state index in [1.165, 1.54) is 47.0 Å². The zero-order valence-electron chi connectivity index (χ0n) is 7.68. The molecule has 1 nitrogen and oxygen atoms in total. The lowest BCUT2D eigenvalue weighted by atomic mass is 9.11. The third kappa shape index (κ3) is 3.41. The Morgan fingerprint density at radius 2 is 1.82 bits per heavy atom. The molecule has 0 aromatic carbocycles. The molecule has 1 fully saturated rings. The Hall–Kier alpha value is 0.220. The highest BCUT2D eigenvalue weighted by molar-refractivity contribution is 7.41. The maximum Gasteiger partial charge on any atom is 0.0815 e. The van der Waals surface area contributed by atoms with Gasteiger partial charge in [0.1, 0.15) is 0 Å². The van der Waals surface area contributed by atoms with Crippen molar-refractivity contribution in [3.05, 3.63) is 0 Å². The second kappa shape index (κ2) is 4.97. The molecule has 1 saturated carbocycles. The van der Waals surface area contributed by atoms with Gasteiger partial charge < -0.3 is 5.73 Å². The molecule has 11 heavy (non-hydrogen) atoms. The SMILES string of the molecule is BBBBC1CCC(N)CC1. The Kier molecular flexibility index (Phi) is 4.21. The first kappa shape index (κ1) is 9.31. The molecular formula is C6H17B4N. The molecule has 0 aromatic heterocycles. The van der Waals surface area contributed by atoms with Crippen LogP contribution in [0.25, 0.3) is 0 Å². The van der Waals surface area contributed by atoms with E-state index in [2.05, 4.69) is 7.74 Å². The van der Waals surface area contributed by atoms with Crippen molar-refractivity contribution >= 4 is 29.0 Å². The van der Waals surface area contributed by atoms with Crippen LogP contribution in [0.5, 0.6) is 0 Å². The monoisotopic (exact) mass is 147 g/mol. The van der Waals surface area contributed by atoms with Gasteiger partial charge in [-0.15, -0.1) is 0 Å². The van der Waals surface area contributed by atoms with Crippen LogP contribution in [0.15, 0.2) is 0 Å². The highest BCUT2D eigenvalue weighted by atomic mass is 14.6. The second-order valence-corrected chi connectivity index (χ2v) is 3.92. The minimum Gasteiger partial charge on any atom is -0.328 e. The molecule has 0 radical (unpaired) electrons. The first-order valence-electron chi connectivity index (χ1n) is 5.08. The highest BCUT2D eigenvalue weighted by Crippen LogP contribution is 2.26. The maximum atomic E-state index is 5.83. The van der Waals surface area contributed by atoms with E-state index in [-0.39, 0.29) is 0 Å². The molecule has 0 atom stereocenters. The molecule has 0 heterocycles. The van der Waals surface area contributed by atoms with Crippen LogP contribution in [0.1, 0.15) is 25.7 Å². The summed E-state index contributed by atoms with van der Waals surface area (Å²) in [7, 11) is 6.49. The van der Waals surface area contributed by atoms with E-state index in [9.17, 15) is 0 Å². The van der Waals surface area contributed by atoms with Crippen molar-refractivity contribution in [2.24, 2.45) is 5.73 Å². The summed E-state index contributed by atoms with van der Waals surface area (Å²) >= 11 is 0. The molecule has 0 unspecified atom stereocenters. The summed E-state index contributed by atoms with van der Waals surface area (Å²) in [4.78, 5) is 0. The molecule has 0 aromatic rings. The van der Waals surface area contributed by atoms with E-state index in [4.69, 9.17) is 5.73 Å². The van der Waals surface area contributed by atoms with Gasteiger partial charge in [0.25, 0.3) is 0 Å². The summed E-state index contributed by atoms with van der Waals surface area (Å²) in [5.74, 6) is 1.01. The van der Waals surface area contributed by atoms with Gasteiger partial charge in [0.05, 0.1) is 14.9 Å². The van der Waals surface area contributed by atoms with Crippen molar-refractivity contribution in [3.8, 4) is 0 Å². The van der Waals surface area contributed by atoms with E-state index >= 15 is 0 Å². The summed E-state index contributed by atoms with van der Waals surface area (Å²) in [6.07, 6.45) is 5.32. The van der Waals surface area contributed by atoms with Gasteiger partial charge in [0.2, 0.25) is 0 Å². The average Bonchev–Trinajstić information content (AvgIpc) is 2.04. The smallest absolute Gasteiger partial charge is 0.0815 e. The van der Waals surface area contributed by atoms with Crippen molar-refractivity contribution in [2.75, 3.05) is 0 Å². The van der Waals surface area contributed by atoms with Crippen molar-refractivity contribution in [2.45, 2.75) is 37.5 Å². The van der Waals surface area contributed by atoms with Crippen molar-refractivity contribution in [3.63, 3.8) is 0 Å². The first-order valence-corrected chi connectivity index (χ1v) is 5.08. The van der Waals surface area contributed by atoms with Crippen molar-refractivity contribution < 1.29 is 0 Å². The normalized spacial score (nSPS) is 31.0. The molecule has 0 bridgehead atoms. The maximum absolute atomic E-state index is 5.83. The van der Waals surface area contributed by atoms with Gasteiger partial charge in [-0.1, -0.05) is 18.7 Å². The largest absolute Gasteiger partial charge is 0.328 e. The Labute approximate surface area is 73.0 Å². The molecule has 1 rings (SSSR count). The van der Waals surface area contributed by atoms with Gasteiger partial charge in [-0.05, 0) is 12.8 Å². The Morgan fingerprint density at radius 3 is 2.36 bits per heavy atom. The number of hydrogen-bond acceptors (Lipinski definition) is 1. The van der Waals surface area contributed by atoms with Crippen LogP contribution in [0.2, 0.25) is 5.82 Å². The summed E-state index contributed by atoms with van der Waals surface area (Å²) in [5, 5.41) is 0. The summed E-state index contributed by atoms with van der Waals surface area (Å²) in [6, 6.07) is 0.521. The quantitative estimate of drug-likeness (QED) is 0.475. The lowest BCUT2D eigenvalue weighted by Crippen LogP contribution is -2.28. The molecule has 1 aliphatic rings. The fourth-order valence-corrected chi connectivity index (χ4v) is 1.97. The Morgan fingerprint density at radius 1 is 1.18 bits per heavy atom. The van der Waals surface area contributed by atoms with Crippen LogP contribution >= 0.6 is 0 Å². The summed E-state index contributed by atoms with van der Waals surface area (Å²) in [6.45, 7) is 0. The van der Waals surface area contributed by atoms with E-state index < -0.39 is 0 Å². The van der Waals surface area contributed by atoms with Gasteiger partial charge in [0, 0.05) is 20.2 Å². The van der Waals surface area contributed by atoms with Gasteiger partial charge in [-0.2, -0.15) is 0 Å². The zero-order valence-corrected chi connectivity index (χ0v) is 7.68.